The van der Waals surface area contributed by atoms with Crippen molar-refractivity contribution in [1.29, 1.82) is 0 Å². The van der Waals surface area contributed by atoms with Gasteiger partial charge in [0.25, 0.3) is 0 Å². The molecule has 0 aromatic rings. The lowest BCUT2D eigenvalue weighted by Gasteiger charge is -2.28. The van der Waals surface area contributed by atoms with Crippen molar-refractivity contribution in [3.8, 4) is 0 Å². The van der Waals surface area contributed by atoms with E-state index in [-0.39, 0.29) is 0 Å². The first-order valence-corrected chi connectivity index (χ1v) is 7.86. The second kappa shape index (κ2) is 5.73. The van der Waals surface area contributed by atoms with Gasteiger partial charge in [0.2, 0.25) is 0 Å². The van der Waals surface area contributed by atoms with E-state index >= 15 is 0 Å². The fourth-order valence-electron chi connectivity index (χ4n) is 2.97. The normalized spacial score (nSPS) is 21.2. The van der Waals surface area contributed by atoms with Crippen molar-refractivity contribution < 1.29 is 0 Å². The molecule has 0 saturated heterocycles. The SMILES string of the molecule is CCCCCC(C)(C)CNC(C1CC1)C1CC1. The van der Waals surface area contributed by atoms with Gasteiger partial charge in [-0.1, -0.05) is 40.0 Å². The third kappa shape index (κ3) is 4.62. The second-order valence-electron chi connectivity index (χ2n) is 7.20. The van der Waals surface area contributed by atoms with Gasteiger partial charge in [0, 0.05) is 12.6 Å². The van der Waals surface area contributed by atoms with Gasteiger partial charge in [-0.3, -0.25) is 0 Å². The molecule has 100 valence electrons. The summed E-state index contributed by atoms with van der Waals surface area (Å²) in [5, 5.41) is 3.91. The molecular formula is C16H31N. The van der Waals surface area contributed by atoms with E-state index in [1.165, 1.54) is 57.9 Å². The molecule has 2 aliphatic carbocycles. The minimum atomic E-state index is 0.497. The Morgan fingerprint density at radius 3 is 2.12 bits per heavy atom. The van der Waals surface area contributed by atoms with Gasteiger partial charge in [-0.2, -0.15) is 0 Å². The predicted molar refractivity (Wildman–Crippen MR) is 75.2 cm³/mol. The van der Waals surface area contributed by atoms with Crippen LogP contribution in [0.2, 0.25) is 0 Å². The Kier molecular flexibility index (Phi) is 4.52. The maximum absolute atomic E-state index is 3.91. The van der Waals surface area contributed by atoms with Crippen LogP contribution >= 0.6 is 0 Å². The molecule has 2 fully saturated rings. The number of hydrogen-bond donors (Lipinski definition) is 1. The van der Waals surface area contributed by atoms with Gasteiger partial charge in [0.15, 0.2) is 0 Å². The number of unbranched alkanes of at least 4 members (excludes halogenated alkanes) is 2. The zero-order valence-corrected chi connectivity index (χ0v) is 12.1. The number of hydrogen-bond acceptors (Lipinski definition) is 1. The summed E-state index contributed by atoms with van der Waals surface area (Å²) in [4.78, 5) is 0. The summed E-state index contributed by atoms with van der Waals surface area (Å²) in [5.41, 5.74) is 0.497. The highest BCUT2D eigenvalue weighted by Crippen LogP contribution is 2.44. The van der Waals surface area contributed by atoms with Gasteiger partial charge in [-0.05, 0) is 49.4 Å². The van der Waals surface area contributed by atoms with Crippen LogP contribution in [0.1, 0.15) is 72.1 Å². The van der Waals surface area contributed by atoms with Crippen LogP contribution in [0.4, 0.5) is 0 Å². The summed E-state index contributed by atoms with van der Waals surface area (Å²) in [5.74, 6) is 2.07. The number of nitrogens with one attached hydrogen (secondary N) is 1. The largest absolute Gasteiger partial charge is 0.313 e. The van der Waals surface area contributed by atoms with E-state index in [1.807, 2.05) is 0 Å². The lowest BCUT2D eigenvalue weighted by atomic mass is 9.86. The van der Waals surface area contributed by atoms with Crippen LogP contribution in [0.3, 0.4) is 0 Å². The summed E-state index contributed by atoms with van der Waals surface area (Å²) in [6.07, 6.45) is 11.5. The summed E-state index contributed by atoms with van der Waals surface area (Å²) in [6, 6.07) is 0.875. The van der Waals surface area contributed by atoms with E-state index in [4.69, 9.17) is 0 Å². The topological polar surface area (TPSA) is 12.0 Å². The third-order valence-electron chi connectivity index (χ3n) is 4.53. The molecule has 0 atom stereocenters. The van der Waals surface area contributed by atoms with E-state index < -0.39 is 0 Å². The molecule has 2 aliphatic rings. The maximum Gasteiger partial charge on any atom is 0.0124 e. The summed E-state index contributed by atoms with van der Waals surface area (Å²) in [6.45, 7) is 8.40. The smallest absolute Gasteiger partial charge is 0.0124 e. The fraction of sp³-hybridized carbons (Fsp3) is 1.00. The van der Waals surface area contributed by atoms with Crippen molar-refractivity contribution in [3.63, 3.8) is 0 Å². The average Bonchev–Trinajstić information content (AvgIpc) is 3.13. The van der Waals surface area contributed by atoms with Crippen molar-refractivity contribution in [2.45, 2.75) is 78.2 Å². The van der Waals surface area contributed by atoms with Crippen molar-refractivity contribution >= 4 is 0 Å². The van der Waals surface area contributed by atoms with Crippen LogP contribution in [0.5, 0.6) is 0 Å². The van der Waals surface area contributed by atoms with Crippen molar-refractivity contribution in [3.05, 3.63) is 0 Å². The van der Waals surface area contributed by atoms with Crippen LogP contribution in [0, 0.1) is 17.3 Å². The van der Waals surface area contributed by atoms with Gasteiger partial charge in [0.05, 0.1) is 0 Å². The Morgan fingerprint density at radius 2 is 1.65 bits per heavy atom. The highest BCUT2D eigenvalue weighted by atomic mass is 15.0. The zero-order chi connectivity index (χ0) is 12.3. The molecule has 0 aromatic heterocycles. The molecular weight excluding hydrogens is 206 g/mol. The quantitative estimate of drug-likeness (QED) is 0.587. The van der Waals surface area contributed by atoms with Crippen molar-refractivity contribution in [2.24, 2.45) is 17.3 Å². The van der Waals surface area contributed by atoms with Crippen LogP contribution in [-0.4, -0.2) is 12.6 Å². The van der Waals surface area contributed by atoms with Crippen LogP contribution in [-0.2, 0) is 0 Å². The maximum atomic E-state index is 3.91. The zero-order valence-electron chi connectivity index (χ0n) is 12.1. The average molecular weight is 237 g/mol. The molecule has 0 spiro atoms. The lowest BCUT2D eigenvalue weighted by molar-refractivity contribution is 0.270. The Bertz CT molecular complexity index is 214. The molecule has 17 heavy (non-hydrogen) atoms. The van der Waals surface area contributed by atoms with E-state index in [2.05, 4.69) is 26.1 Å². The monoisotopic (exact) mass is 237 g/mol. The molecule has 2 rings (SSSR count). The minimum Gasteiger partial charge on any atom is -0.313 e. The first-order chi connectivity index (χ1) is 8.12. The first-order valence-electron chi connectivity index (χ1n) is 7.86. The molecule has 0 amide bonds. The van der Waals surface area contributed by atoms with Crippen molar-refractivity contribution in [1.82, 2.24) is 5.32 Å². The van der Waals surface area contributed by atoms with E-state index in [9.17, 15) is 0 Å². The summed E-state index contributed by atoms with van der Waals surface area (Å²) in [7, 11) is 0. The van der Waals surface area contributed by atoms with Gasteiger partial charge < -0.3 is 5.32 Å². The molecule has 0 aromatic carbocycles. The van der Waals surface area contributed by atoms with Crippen LogP contribution < -0.4 is 5.32 Å². The van der Waals surface area contributed by atoms with Gasteiger partial charge >= 0.3 is 0 Å². The molecule has 0 bridgehead atoms. The lowest BCUT2D eigenvalue weighted by Crippen LogP contribution is -2.39. The third-order valence-corrected chi connectivity index (χ3v) is 4.53. The first kappa shape index (κ1) is 13.4. The molecule has 0 heterocycles. The molecule has 0 aliphatic heterocycles. The van der Waals surface area contributed by atoms with Crippen LogP contribution in [0.15, 0.2) is 0 Å². The van der Waals surface area contributed by atoms with Gasteiger partial charge in [-0.15, -0.1) is 0 Å². The Balaban J connectivity index is 1.67. The van der Waals surface area contributed by atoms with E-state index in [1.54, 1.807) is 0 Å². The van der Waals surface area contributed by atoms with E-state index in [0.29, 0.717) is 5.41 Å². The molecule has 0 radical (unpaired) electrons. The molecule has 2 saturated carbocycles. The molecule has 1 nitrogen and oxygen atoms in total. The molecule has 1 heteroatoms. The Hall–Kier alpha value is -0.0400. The Morgan fingerprint density at radius 1 is 1.06 bits per heavy atom. The number of rotatable bonds is 9. The second-order valence-corrected chi connectivity index (χ2v) is 7.20. The Labute approximate surface area is 108 Å². The molecule has 0 unspecified atom stereocenters. The summed E-state index contributed by atoms with van der Waals surface area (Å²) >= 11 is 0. The van der Waals surface area contributed by atoms with Gasteiger partial charge in [-0.25, -0.2) is 0 Å². The minimum absolute atomic E-state index is 0.497. The predicted octanol–water partition coefficient (Wildman–Crippen LogP) is 4.37. The van der Waals surface area contributed by atoms with Crippen LogP contribution in [0.25, 0.3) is 0 Å². The van der Waals surface area contributed by atoms with Crippen molar-refractivity contribution in [2.75, 3.05) is 6.54 Å². The molecule has 1 N–H and O–H groups in total. The highest BCUT2D eigenvalue weighted by molar-refractivity contribution is 4.96. The van der Waals surface area contributed by atoms with Gasteiger partial charge in [0.1, 0.15) is 0 Å². The standard InChI is InChI=1S/C16H31N/c1-4-5-6-11-16(2,3)12-17-15(13-7-8-13)14-9-10-14/h13-15,17H,4-12H2,1-3H3. The highest BCUT2D eigenvalue weighted by Gasteiger charge is 2.41. The van der Waals surface area contributed by atoms with E-state index in [0.717, 1.165) is 17.9 Å². The summed E-state index contributed by atoms with van der Waals surface area (Å²) < 4.78 is 0. The fourth-order valence-corrected chi connectivity index (χ4v) is 2.97.